The summed E-state index contributed by atoms with van der Waals surface area (Å²) in [4.78, 5) is 12.8. The van der Waals surface area contributed by atoms with Crippen molar-refractivity contribution in [1.29, 1.82) is 0 Å². The number of pyridine rings is 1. The first-order chi connectivity index (χ1) is 8.93. The first-order valence-corrected chi connectivity index (χ1v) is 5.61. The van der Waals surface area contributed by atoms with Gasteiger partial charge in [0, 0.05) is 18.6 Å². The Balaban J connectivity index is 2.13. The van der Waals surface area contributed by atoms with Crippen molar-refractivity contribution in [1.82, 2.24) is 23.8 Å². The first-order valence-electron chi connectivity index (χ1n) is 5.61. The van der Waals surface area contributed by atoms with Crippen molar-refractivity contribution >= 4 is 11.2 Å². The number of nitrogens with zero attached hydrogens (tertiary/aromatic N) is 5. The predicted molar refractivity (Wildman–Crippen MR) is 67.2 cm³/mol. The normalized spacial score (nSPS) is 11.3. The van der Waals surface area contributed by atoms with E-state index in [4.69, 9.17) is 0 Å². The van der Waals surface area contributed by atoms with Gasteiger partial charge in [0.05, 0.1) is 29.3 Å². The van der Waals surface area contributed by atoms with E-state index in [1.54, 1.807) is 18.9 Å². The van der Waals surface area contributed by atoms with E-state index in [-0.39, 0.29) is 0 Å². The molecule has 4 aromatic heterocycles. The zero-order valence-electron chi connectivity index (χ0n) is 9.43. The van der Waals surface area contributed by atoms with Gasteiger partial charge in [0.2, 0.25) is 0 Å². The van der Waals surface area contributed by atoms with Crippen LogP contribution in [0.2, 0.25) is 0 Å². The van der Waals surface area contributed by atoms with Crippen molar-refractivity contribution in [2.24, 2.45) is 0 Å². The lowest BCUT2D eigenvalue weighted by atomic mass is 10.2. The molecule has 0 aliphatic rings. The first kappa shape index (κ1) is 9.35. The number of hydrogen-bond donors (Lipinski definition) is 0. The number of rotatable bonds is 1. The highest BCUT2D eigenvalue weighted by molar-refractivity contribution is 5.76. The van der Waals surface area contributed by atoms with E-state index in [2.05, 4.69) is 15.0 Å². The maximum Gasteiger partial charge on any atom is 0.148 e. The molecule has 0 fully saturated rings. The lowest BCUT2D eigenvalue weighted by Crippen LogP contribution is -1.95. The van der Waals surface area contributed by atoms with Crippen LogP contribution in [0.5, 0.6) is 0 Å². The molecule has 0 aliphatic carbocycles. The van der Waals surface area contributed by atoms with Crippen molar-refractivity contribution in [3.8, 4) is 11.3 Å². The molecule has 0 unspecified atom stereocenters. The molecule has 0 aliphatic heterocycles. The second kappa shape index (κ2) is 3.40. The maximum atomic E-state index is 4.38. The summed E-state index contributed by atoms with van der Waals surface area (Å²) in [7, 11) is 0. The highest BCUT2D eigenvalue weighted by Gasteiger charge is 2.08. The summed E-state index contributed by atoms with van der Waals surface area (Å²) in [6.45, 7) is 0. The molecule has 0 amide bonds. The van der Waals surface area contributed by atoms with Crippen LogP contribution in [0.25, 0.3) is 22.4 Å². The molecular formula is C13H9N5. The smallest absolute Gasteiger partial charge is 0.148 e. The van der Waals surface area contributed by atoms with Gasteiger partial charge in [0.15, 0.2) is 0 Å². The average Bonchev–Trinajstić information content (AvgIpc) is 3.06. The van der Waals surface area contributed by atoms with Crippen molar-refractivity contribution in [2.75, 3.05) is 0 Å². The molecule has 0 aromatic carbocycles. The molecule has 5 nitrogen and oxygen atoms in total. The fraction of sp³-hybridized carbons (Fsp3) is 0. The van der Waals surface area contributed by atoms with Crippen LogP contribution >= 0.6 is 0 Å². The molecule has 18 heavy (non-hydrogen) atoms. The summed E-state index contributed by atoms with van der Waals surface area (Å²) in [6.07, 6.45) is 10.9. The molecule has 0 spiro atoms. The topological polar surface area (TPSA) is 47.5 Å². The molecule has 5 heteroatoms. The van der Waals surface area contributed by atoms with Crippen LogP contribution in [0.3, 0.4) is 0 Å². The minimum absolute atomic E-state index is 0.895. The molecular weight excluding hydrogens is 226 g/mol. The van der Waals surface area contributed by atoms with Crippen LogP contribution in [0, 0.1) is 0 Å². The summed E-state index contributed by atoms with van der Waals surface area (Å²) in [5, 5.41) is 0. The van der Waals surface area contributed by atoms with Crippen molar-refractivity contribution in [3.63, 3.8) is 0 Å². The summed E-state index contributed by atoms with van der Waals surface area (Å²) < 4.78 is 3.94. The Morgan fingerprint density at radius 1 is 1.00 bits per heavy atom. The van der Waals surface area contributed by atoms with Crippen molar-refractivity contribution in [3.05, 3.63) is 55.6 Å². The van der Waals surface area contributed by atoms with Crippen LogP contribution in [-0.2, 0) is 0 Å². The van der Waals surface area contributed by atoms with Crippen LogP contribution in [0.1, 0.15) is 0 Å². The highest BCUT2D eigenvalue weighted by atomic mass is 15.0. The Hall–Kier alpha value is -2.69. The SMILES string of the molecule is c1cc(-c2cncn3ccnc23)n2cncc2c1. The molecule has 0 saturated carbocycles. The van der Waals surface area contributed by atoms with Crippen LogP contribution in [0.4, 0.5) is 0 Å². The molecule has 0 atom stereocenters. The van der Waals surface area contributed by atoms with E-state index in [9.17, 15) is 0 Å². The minimum Gasteiger partial charge on any atom is -0.299 e. The summed E-state index contributed by atoms with van der Waals surface area (Å²) in [5.41, 5.74) is 3.98. The fourth-order valence-electron chi connectivity index (χ4n) is 2.20. The molecule has 4 aromatic rings. The van der Waals surface area contributed by atoms with Gasteiger partial charge < -0.3 is 0 Å². The summed E-state index contributed by atoms with van der Waals surface area (Å²) in [5.74, 6) is 0. The van der Waals surface area contributed by atoms with E-state index in [1.165, 1.54) is 0 Å². The van der Waals surface area contributed by atoms with Gasteiger partial charge in [-0.15, -0.1) is 0 Å². The lowest BCUT2D eigenvalue weighted by molar-refractivity contribution is 1.07. The maximum absolute atomic E-state index is 4.38. The van der Waals surface area contributed by atoms with Gasteiger partial charge in [0.1, 0.15) is 12.0 Å². The van der Waals surface area contributed by atoms with E-state index in [0.717, 1.165) is 22.4 Å². The average molecular weight is 235 g/mol. The third-order valence-corrected chi connectivity index (χ3v) is 3.03. The van der Waals surface area contributed by atoms with E-state index in [0.29, 0.717) is 0 Å². The fourth-order valence-corrected chi connectivity index (χ4v) is 2.20. The molecule has 0 radical (unpaired) electrons. The Morgan fingerprint density at radius 3 is 2.94 bits per heavy atom. The second-order valence-electron chi connectivity index (χ2n) is 4.06. The van der Waals surface area contributed by atoms with Gasteiger partial charge in [-0.3, -0.25) is 8.80 Å². The molecule has 86 valence electrons. The number of fused-ring (bicyclic) bond motifs is 2. The molecule has 4 heterocycles. The zero-order valence-corrected chi connectivity index (χ0v) is 9.43. The highest BCUT2D eigenvalue weighted by Crippen LogP contribution is 2.23. The van der Waals surface area contributed by atoms with Gasteiger partial charge in [-0.25, -0.2) is 15.0 Å². The van der Waals surface area contributed by atoms with Crippen LogP contribution in [-0.4, -0.2) is 23.8 Å². The van der Waals surface area contributed by atoms with E-state index in [1.807, 2.05) is 45.6 Å². The number of aromatic nitrogens is 5. The molecule has 0 N–H and O–H groups in total. The van der Waals surface area contributed by atoms with Gasteiger partial charge in [-0.2, -0.15) is 0 Å². The van der Waals surface area contributed by atoms with Crippen molar-refractivity contribution in [2.45, 2.75) is 0 Å². The van der Waals surface area contributed by atoms with Gasteiger partial charge in [-0.05, 0) is 12.1 Å². The lowest BCUT2D eigenvalue weighted by Gasteiger charge is -2.06. The minimum atomic E-state index is 0.895. The van der Waals surface area contributed by atoms with E-state index >= 15 is 0 Å². The number of hydrogen-bond acceptors (Lipinski definition) is 3. The quantitative estimate of drug-likeness (QED) is 0.507. The van der Waals surface area contributed by atoms with E-state index < -0.39 is 0 Å². The van der Waals surface area contributed by atoms with Gasteiger partial charge in [-0.1, -0.05) is 6.07 Å². The Bertz CT molecular complexity index is 770. The summed E-state index contributed by atoms with van der Waals surface area (Å²) in [6, 6.07) is 6.08. The second-order valence-corrected chi connectivity index (χ2v) is 4.06. The van der Waals surface area contributed by atoms with Gasteiger partial charge >= 0.3 is 0 Å². The van der Waals surface area contributed by atoms with Crippen LogP contribution < -0.4 is 0 Å². The molecule has 4 rings (SSSR count). The standard InChI is InChI=1S/C13H9N5/c1-2-10-6-14-9-18(10)12(3-1)11-7-15-8-17-5-4-16-13(11)17/h1-9H. The largest absolute Gasteiger partial charge is 0.299 e. The third-order valence-electron chi connectivity index (χ3n) is 3.03. The third kappa shape index (κ3) is 1.18. The Morgan fingerprint density at radius 2 is 1.94 bits per heavy atom. The van der Waals surface area contributed by atoms with Crippen LogP contribution in [0.15, 0.2) is 55.6 Å². The Kier molecular flexibility index (Phi) is 1.77. The Labute approximate surface area is 102 Å². The van der Waals surface area contributed by atoms with Crippen molar-refractivity contribution < 1.29 is 0 Å². The molecule has 0 saturated heterocycles. The zero-order chi connectivity index (χ0) is 11.9. The molecule has 0 bridgehead atoms. The summed E-state index contributed by atoms with van der Waals surface area (Å²) >= 11 is 0. The predicted octanol–water partition coefficient (Wildman–Crippen LogP) is 2.04. The number of imidazole rings is 2. The monoisotopic (exact) mass is 235 g/mol. The van der Waals surface area contributed by atoms with Gasteiger partial charge in [0.25, 0.3) is 0 Å².